The largest absolute Gasteiger partial charge is 0.491 e. The number of thiophene rings is 1. The van der Waals surface area contributed by atoms with Gasteiger partial charge in [-0.25, -0.2) is 4.39 Å². The maximum absolute atomic E-state index is 13.3. The summed E-state index contributed by atoms with van der Waals surface area (Å²) in [5.74, 6) is 0.116. The highest BCUT2D eigenvalue weighted by Crippen LogP contribution is 2.26. The maximum Gasteiger partial charge on any atom is 0.145 e. The number of ether oxygens (including phenoxy) is 1. The first-order valence-corrected chi connectivity index (χ1v) is 7.02. The first-order chi connectivity index (χ1) is 8.16. The molecular weight excluding hydrogens is 352 g/mol. The van der Waals surface area contributed by atoms with Crippen molar-refractivity contribution in [3.8, 4) is 5.75 Å². The van der Waals surface area contributed by atoms with E-state index in [0.29, 0.717) is 21.6 Å². The first kappa shape index (κ1) is 12.6. The molecule has 0 bridgehead atoms. The summed E-state index contributed by atoms with van der Waals surface area (Å²) < 4.78 is 19.3. The van der Waals surface area contributed by atoms with Crippen LogP contribution in [0.25, 0.3) is 0 Å². The molecule has 2 rings (SSSR count). The Morgan fingerprint density at radius 1 is 1.41 bits per heavy atom. The van der Waals surface area contributed by atoms with E-state index in [0.717, 1.165) is 6.42 Å². The third kappa shape index (κ3) is 3.32. The van der Waals surface area contributed by atoms with Crippen molar-refractivity contribution in [1.29, 1.82) is 0 Å². The predicted octanol–water partition coefficient (Wildman–Crippen LogP) is 3.70. The zero-order valence-electron chi connectivity index (χ0n) is 8.95. The van der Waals surface area contributed by atoms with E-state index >= 15 is 0 Å². The molecule has 0 atom stereocenters. The molecule has 0 spiro atoms. The molecule has 0 aliphatic rings. The molecule has 0 saturated heterocycles. The van der Waals surface area contributed by atoms with Gasteiger partial charge in [-0.1, -0.05) is 6.07 Å². The molecular formula is C12H11FINOS. The molecule has 0 aliphatic heterocycles. The van der Waals surface area contributed by atoms with Crippen molar-refractivity contribution in [2.45, 2.75) is 6.42 Å². The van der Waals surface area contributed by atoms with Gasteiger partial charge in [0.25, 0.3) is 0 Å². The topological polar surface area (TPSA) is 35.2 Å². The van der Waals surface area contributed by atoms with Gasteiger partial charge in [0.1, 0.15) is 11.6 Å². The lowest BCUT2D eigenvalue weighted by Crippen LogP contribution is -2.03. The van der Waals surface area contributed by atoms with Gasteiger partial charge in [-0.3, -0.25) is 0 Å². The average molecular weight is 363 g/mol. The van der Waals surface area contributed by atoms with Crippen LogP contribution in [0.5, 0.6) is 5.75 Å². The Balaban J connectivity index is 1.97. The summed E-state index contributed by atoms with van der Waals surface area (Å²) in [7, 11) is 0. The highest BCUT2D eigenvalue weighted by Gasteiger charge is 2.07. The number of hydrogen-bond acceptors (Lipinski definition) is 3. The van der Waals surface area contributed by atoms with Gasteiger partial charge in [0.15, 0.2) is 0 Å². The number of hydrogen-bond donors (Lipinski definition) is 1. The molecule has 0 fully saturated rings. The first-order valence-electron chi connectivity index (χ1n) is 5.06. The second-order valence-corrected chi connectivity index (χ2v) is 5.68. The van der Waals surface area contributed by atoms with Gasteiger partial charge < -0.3 is 10.5 Å². The Morgan fingerprint density at radius 2 is 2.24 bits per heavy atom. The Kier molecular flexibility index (Phi) is 4.22. The van der Waals surface area contributed by atoms with Crippen molar-refractivity contribution >= 4 is 39.6 Å². The smallest absolute Gasteiger partial charge is 0.145 e. The SMILES string of the molecule is Nc1cc(I)c(F)cc1OCCc1cccs1. The van der Waals surface area contributed by atoms with E-state index in [4.69, 9.17) is 10.5 Å². The van der Waals surface area contributed by atoms with E-state index in [-0.39, 0.29) is 5.82 Å². The molecule has 0 unspecified atom stereocenters. The number of benzene rings is 1. The van der Waals surface area contributed by atoms with Crippen LogP contribution in [0.2, 0.25) is 0 Å². The van der Waals surface area contributed by atoms with Crippen LogP contribution >= 0.6 is 33.9 Å². The van der Waals surface area contributed by atoms with Crippen LogP contribution in [-0.4, -0.2) is 6.61 Å². The summed E-state index contributed by atoms with van der Waals surface area (Å²) in [5.41, 5.74) is 6.23. The Bertz CT molecular complexity index is 501. The summed E-state index contributed by atoms with van der Waals surface area (Å²) in [4.78, 5) is 1.24. The Hall–Kier alpha value is -0.820. The van der Waals surface area contributed by atoms with Gasteiger partial charge in [0, 0.05) is 17.4 Å². The molecule has 90 valence electrons. The number of halogens is 2. The molecule has 2 N–H and O–H groups in total. The van der Waals surface area contributed by atoms with Crippen LogP contribution in [-0.2, 0) is 6.42 Å². The highest BCUT2D eigenvalue weighted by molar-refractivity contribution is 14.1. The monoisotopic (exact) mass is 363 g/mol. The fourth-order valence-electron chi connectivity index (χ4n) is 1.39. The number of anilines is 1. The lowest BCUT2D eigenvalue weighted by Gasteiger charge is -2.09. The second-order valence-electron chi connectivity index (χ2n) is 3.48. The molecule has 1 aromatic heterocycles. The van der Waals surface area contributed by atoms with Crippen LogP contribution in [0.1, 0.15) is 4.88 Å². The summed E-state index contributed by atoms with van der Waals surface area (Å²) in [6.45, 7) is 0.505. The van der Waals surface area contributed by atoms with Crippen molar-refractivity contribution in [2.24, 2.45) is 0 Å². The van der Waals surface area contributed by atoms with Gasteiger partial charge >= 0.3 is 0 Å². The molecule has 0 aliphatic carbocycles. The normalized spacial score (nSPS) is 10.5. The van der Waals surface area contributed by atoms with Crippen molar-refractivity contribution in [2.75, 3.05) is 12.3 Å². The predicted molar refractivity (Wildman–Crippen MR) is 77.0 cm³/mol. The summed E-state index contributed by atoms with van der Waals surface area (Å²) in [5, 5.41) is 2.02. The minimum Gasteiger partial charge on any atom is -0.491 e. The molecule has 2 nitrogen and oxygen atoms in total. The molecule has 1 heterocycles. The number of nitrogen functional groups attached to an aromatic ring is 1. The highest BCUT2D eigenvalue weighted by atomic mass is 127. The van der Waals surface area contributed by atoms with E-state index in [2.05, 4.69) is 0 Å². The van der Waals surface area contributed by atoms with Crippen LogP contribution in [0.15, 0.2) is 29.6 Å². The van der Waals surface area contributed by atoms with Crippen LogP contribution in [0.4, 0.5) is 10.1 Å². The van der Waals surface area contributed by atoms with Crippen molar-refractivity contribution in [3.05, 3.63) is 43.9 Å². The van der Waals surface area contributed by atoms with Gasteiger partial charge in [-0.2, -0.15) is 0 Å². The van der Waals surface area contributed by atoms with Gasteiger partial charge in [-0.15, -0.1) is 11.3 Å². The second kappa shape index (κ2) is 5.68. The zero-order valence-corrected chi connectivity index (χ0v) is 11.9. The molecule has 17 heavy (non-hydrogen) atoms. The standard InChI is InChI=1S/C12H11FINOS/c13-9-6-12(11(15)7-10(9)14)16-4-3-8-2-1-5-17-8/h1-2,5-7H,3-4,15H2. The van der Waals surface area contributed by atoms with Crippen LogP contribution < -0.4 is 10.5 Å². The van der Waals surface area contributed by atoms with E-state index < -0.39 is 0 Å². The Labute approximate surface area is 117 Å². The third-order valence-electron chi connectivity index (χ3n) is 2.24. The van der Waals surface area contributed by atoms with Gasteiger partial charge in [-0.05, 0) is 40.1 Å². The minimum atomic E-state index is -0.300. The van der Waals surface area contributed by atoms with E-state index in [9.17, 15) is 4.39 Å². The lowest BCUT2D eigenvalue weighted by molar-refractivity contribution is 0.323. The van der Waals surface area contributed by atoms with Crippen molar-refractivity contribution in [1.82, 2.24) is 0 Å². The van der Waals surface area contributed by atoms with E-state index in [1.54, 1.807) is 17.4 Å². The molecule has 0 amide bonds. The third-order valence-corrected chi connectivity index (χ3v) is 4.00. The van der Waals surface area contributed by atoms with Gasteiger partial charge in [0.2, 0.25) is 0 Å². The van der Waals surface area contributed by atoms with Crippen LogP contribution in [0, 0.1) is 9.39 Å². The molecule has 0 radical (unpaired) electrons. The van der Waals surface area contributed by atoms with Gasteiger partial charge in [0.05, 0.1) is 15.9 Å². The lowest BCUT2D eigenvalue weighted by atomic mass is 10.3. The average Bonchev–Trinajstić information content (AvgIpc) is 2.78. The quantitative estimate of drug-likeness (QED) is 0.664. The molecule has 1 aromatic carbocycles. The van der Waals surface area contributed by atoms with Crippen LogP contribution in [0.3, 0.4) is 0 Å². The maximum atomic E-state index is 13.3. The summed E-state index contributed by atoms with van der Waals surface area (Å²) in [6, 6.07) is 6.96. The van der Waals surface area contributed by atoms with E-state index in [1.165, 1.54) is 10.9 Å². The fraction of sp³-hybridized carbons (Fsp3) is 0.167. The fourth-order valence-corrected chi connectivity index (χ4v) is 2.57. The van der Waals surface area contributed by atoms with Crippen molar-refractivity contribution < 1.29 is 9.13 Å². The summed E-state index contributed by atoms with van der Waals surface area (Å²) >= 11 is 3.59. The van der Waals surface area contributed by atoms with E-state index in [1.807, 2.05) is 40.1 Å². The molecule has 0 saturated carbocycles. The number of rotatable bonds is 4. The zero-order chi connectivity index (χ0) is 12.3. The molecule has 5 heteroatoms. The summed E-state index contributed by atoms with van der Waals surface area (Å²) in [6.07, 6.45) is 0.810. The number of nitrogens with two attached hydrogens (primary N) is 1. The van der Waals surface area contributed by atoms with Crippen molar-refractivity contribution in [3.63, 3.8) is 0 Å². The Morgan fingerprint density at radius 3 is 2.94 bits per heavy atom. The minimum absolute atomic E-state index is 0.300. The molecule has 2 aromatic rings.